The minimum Gasteiger partial charge on any atom is -0.391 e. The molecule has 1 aromatic heterocycles. The third kappa shape index (κ3) is 2.90. The van der Waals surface area contributed by atoms with Crippen LogP contribution < -0.4 is 0 Å². The smallest absolute Gasteiger partial charge is 0.226 e. The van der Waals surface area contributed by atoms with E-state index >= 15 is 0 Å². The number of nitrogens with zero attached hydrogens (tertiary/aromatic N) is 4. The highest BCUT2D eigenvalue weighted by Crippen LogP contribution is 2.48. The van der Waals surface area contributed by atoms with Gasteiger partial charge < -0.3 is 10.0 Å². The number of aryl methyl sites for hydroxylation is 1. The van der Waals surface area contributed by atoms with Crippen molar-refractivity contribution in [2.75, 3.05) is 26.2 Å². The van der Waals surface area contributed by atoms with Gasteiger partial charge in [0, 0.05) is 51.4 Å². The van der Waals surface area contributed by atoms with Crippen molar-refractivity contribution < 1.29 is 9.90 Å². The maximum atomic E-state index is 12.7. The third-order valence-corrected chi connectivity index (χ3v) is 5.80. The summed E-state index contributed by atoms with van der Waals surface area (Å²) in [5, 5.41) is 14.3. The first kappa shape index (κ1) is 15.1. The summed E-state index contributed by atoms with van der Waals surface area (Å²) < 4.78 is 1.81. The van der Waals surface area contributed by atoms with Crippen LogP contribution in [0.4, 0.5) is 0 Å². The Labute approximate surface area is 137 Å². The van der Waals surface area contributed by atoms with Crippen LogP contribution in [0.15, 0.2) is 12.4 Å². The van der Waals surface area contributed by atoms with Crippen LogP contribution in [0.5, 0.6) is 0 Å². The lowest BCUT2D eigenvalue weighted by atomic mass is 10.1. The molecule has 0 bridgehead atoms. The molecule has 1 aromatic rings. The van der Waals surface area contributed by atoms with E-state index < -0.39 is 0 Å². The first-order valence-corrected chi connectivity index (χ1v) is 8.83. The molecule has 4 atom stereocenters. The topological polar surface area (TPSA) is 61.6 Å². The average molecular weight is 318 g/mol. The Hall–Kier alpha value is -1.40. The van der Waals surface area contributed by atoms with Crippen LogP contribution in [0.1, 0.15) is 37.2 Å². The number of rotatable bonds is 3. The molecule has 4 rings (SSSR count). The average Bonchev–Trinajstić information content (AvgIpc) is 3.06. The zero-order valence-corrected chi connectivity index (χ0v) is 13.8. The standard InChI is InChI=1S/C17H26N4O2/c1-19-11-12(10-18-19)13-9-14(13)17(23)21-7-5-20(6-8-21)15-3-2-4-16(15)22/h10-11,13-16,22H,2-9H2,1H3. The quantitative estimate of drug-likeness (QED) is 0.886. The molecule has 0 radical (unpaired) electrons. The lowest BCUT2D eigenvalue weighted by Gasteiger charge is -2.39. The van der Waals surface area contributed by atoms with Crippen molar-refractivity contribution in [2.24, 2.45) is 13.0 Å². The second-order valence-corrected chi connectivity index (χ2v) is 7.32. The number of aromatic nitrogens is 2. The summed E-state index contributed by atoms with van der Waals surface area (Å²) in [6, 6.07) is 0.316. The van der Waals surface area contributed by atoms with Crippen molar-refractivity contribution in [3.05, 3.63) is 18.0 Å². The second-order valence-electron chi connectivity index (χ2n) is 7.32. The Morgan fingerprint density at radius 2 is 2.04 bits per heavy atom. The molecule has 3 fully saturated rings. The SMILES string of the molecule is Cn1cc(C2CC2C(=O)N2CCN(C3CCCC3O)CC2)cn1. The fourth-order valence-corrected chi connectivity index (χ4v) is 4.32. The van der Waals surface area contributed by atoms with E-state index in [-0.39, 0.29) is 12.0 Å². The summed E-state index contributed by atoms with van der Waals surface area (Å²) in [6.07, 6.45) is 7.86. The predicted octanol–water partition coefficient (Wildman–Crippen LogP) is 0.581. The van der Waals surface area contributed by atoms with Crippen LogP contribution >= 0.6 is 0 Å². The largest absolute Gasteiger partial charge is 0.391 e. The molecule has 2 saturated carbocycles. The molecular weight excluding hydrogens is 292 g/mol. The summed E-state index contributed by atoms with van der Waals surface area (Å²) in [5.74, 6) is 0.833. The Bertz CT molecular complexity index is 579. The van der Waals surface area contributed by atoms with Gasteiger partial charge in [-0.1, -0.05) is 0 Å². The van der Waals surface area contributed by atoms with Crippen LogP contribution in [0, 0.1) is 5.92 Å². The molecule has 0 spiro atoms. The van der Waals surface area contributed by atoms with Gasteiger partial charge in [-0.3, -0.25) is 14.4 Å². The molecule has 1 amide bonds. The van der Waals surface area contributed by atoms with Crippen molar-refractivity contribution in [1.82, 2.24) is 19.6 Å². The van der Waals surface area contributed by atoms with E-state index in [9.17, 15) is 9.90 Å². The number of carbonyl (C=O) groups is 1. The number of hydrogen-bond donors (Lipinski definition) is 1. The van der Waals surface area contributed by atoms with E-state index in [4.69, 9.17) is 0 Å². The second kappa shape index (κ2) is 5.91. The number of amides is 1. The monoisotopic (exact) mass is 318 g/mol. The fraction of sp³-hybridized carbons (Fsp3) is 0.765. The number of piperazine rings is 1. The van der Waals surface area contributed by atoms with Gasteiger partial charge in [-0.2, -0.15) is 5.10 Å². The third-order valence-electron chi connectivity index (χ3n) is 5.80. The van der Waals surface area contributed by atoms with Gasteiger partial charge in [0.25, 0.3) is 0 Å². The van der Waals surface area contributed by atoms with Crippen LogP contribution in [0.3, 0.4) is 0 Å². The Morgan fingerprint density at radius 3 is 2.65 bits per heavy atom. The van der Waals surface area contributed by atoms with Crippen molar-refractivity contribution in [1.29, 1.82) is 0 Å². The molecule has 4 unspecified atom stereocenters. The Balaban J connectivity index is 1.30. The van der Waals surface area contributed by atoms with Gasteiger partial charge in [-0.25, -0.2) is 0 Å². The summed E-state index contributed by atoms with van der Waals surface area (Å²) in [6.45, 7) is 3.41. The molecule has 2 heterocycles. The molecule has 2 aliphatic carbocycles. The molecule has 1 N–H and O–H groups in total. The highest BCUT2D eigenvalue weighted by Gasteiger charge is 2.47. The first-order chi connectivity index (χ1) is 11.1. The lowest BCUT2D eigenvalue weighted by Crippen LogP contribution is -2.54. The molecule has 6 nitrogen and oxygen atoms in total. The molecule has 23 heavy (non-hydrogen) atoms. The van der Waals surface area contributed by atoms with Crippen molar-refractivity contribution in [2.45, 2.75) is 43.7 Å². The van der Waals surface area contributed by atoms with E-state index in [1.165, 1.54) is 5.56 Å². The van der Waals surface area contributed by atoms with Crippen LogP contribution in [-0.4, -0.2) is 68.9 Å². The molecule has 126 valence electrons. The van der Waals surface area contributed by atoms with Gasteiger partial charge in [-0.05, 0) is 37.2 Å². The van der Waals surface area contributed by atoms with E-state index in [0.29, 0.717) is 17.9 Å². The molecule has 1 saturated heterocycles. The van der Waals surface area contributed by atoms with Gasteiger partial charge in [0.15, 0.2) is 0 Å². The first-order valence-electron chi connectivity index (χ1n) is 8.83. The van der Waals surface area contributed by atoms with Gasteiger partial charge in [0.1, 0.15) is 0 Å². The number of hydrogen-bond acceptors (Lipinski definition) is 4. The minimum atomic E-state index is -0.171. The number of aliphatic hydroxyl groups excluding tert-OH is 1. The molecule has 0 aromatic carbocycles. The highest BCUT2D eigenvalue weighted by molar-refractivity contribution is 5.83. The van der Waals surface area contributed by atoms with E-state index in [1.54, 1.807) is 4.68 Å². The molecular formula is C17H26N4O2. The van der Waals surface area contributed by atoms with Crippen LogP contribution in [-0.2, 0) is 11.8 Å². The molecule has 3 aliphatic rings. The van der Waals surface area contributed by atoms with Crippen molar-refractivity contribution >= 4 is 5.91 Å². The molecule has 6 heteroatoms. The van der Waals surface area contributed by atoms with Crippen LogP contribution in [0.25, 0.3) is 0 Å². The van der Waals surface area contributed by atoms with Gasteiger partial charge >= 0.3 is 0 Å². The molecule has 1 aliphatic heterocycles. The fourth-order valence-electron chi connectivity index (χ4n) is 4.32. The van der Waals surface area contributed by atoms with Gasteiger partial charge in [0.05, 0.1) is 12.3 Å². The zero-order valence-electron chi connectivity index (χ0n) is 13.8. The Morgan fingerprint density at radius 1 is 1.26 bits per heavy atom. The maximum Gasteiger partial charge on any atom is 0.226 e. The summed E-state index contributed by atoms with van der Waals surface area (Å²) in [4.78, 5) is 17.1. The summed E-state index contributed by atoms with van der Waals surface area (Å²) in [7, 11) is 1.92. The highest BCUT2D eigenvalue weighted by atomic mass is 16.3. The van der Waals surface area contributed by atoms with Gasteiger partial charge in [-0.15, -0.1) is 0 Å². The zero-order chi connectivity index (χ0) is 16.0. The summed E-state index contributed by atoms with van der Waals surface area (Å²) >= 11 is 0. The Kier molecular flexibility index (Phi) is 3.89. The van der Waals surface area contributed by atoms with Gasteiger partial charge in [0.2, 0.25) is 5.91 Å². The number of carbonyl (C=O) groups excluding carboxylic acids is 1. The van der Waals surface area contributed by atoms with E-state index in [1.807, 2.05) is 24.3 Å². The van der Waals surface area contributed by atoms with Crippen molar-refractivity contribution in [3.8, 4) is 0 Å². The van der Waals surface area contributed by atoms with E-state index in [0.717, 1.165) is 51.9 Å². The lowest BCUT2D eigenvalue weighted by molar-refractivity contribution is -0.135. The van der Waals surface area contributed by atoms with Crippen LogP contribution in [0.2, 0.25) is 0 Å². The van der Waals surface area contributed by atoms with Crippen molar-refractivity contribution in [3.63, 3.8) is 0 Å². The summed E-state index contributed by atoms with van der Waals surface area (Å²) in [5.41, 5.74) is 1.19. The predicted molar refractivity (Wildman–Crippen MR) is 85.9 cm³/mol. The maximum absolute atomic E-state index is 12.7. The van der Waals surface area contributed by atoms with E-state index in [2.05, 4.69) is 10.00 Å². The normalized spacial score (nSPS) is 34.8. The minimum absolute atomic E-state index is 0.155. The number of aliphatic hydroxyl groups is 1.